The lowest BCUT2D eigenvalue weighted by Crippen LogP contribution is -2.46. The third kappa shape index (κ3) is 7.01. The molecule has 0 spiro atoms. The molecule has 0 bridgehead atoms. The number of nitrogens with one attached hydrogen (secondary N) is 1. The molecular weight excluding hydrogens is 354 g/mol. The summed E-state index contributed by atoms with van der Waals surface area (Å²) >= 11 is 1.89. The number of hydrogen-bond donors (Lipinski definition) is 1. The number of hydrogen-bond acceptors (Lipinski definition) is 4. The summed E-state index contributed by atoms with van der Waals surface area (Å²) in [5, 5.41) is 2.80. The highest BCUT2D eigenvalue weighted by Crippen LogP contribution is 2.21. The van der Waals surface area contributed by atoms with Gasteiger partial charge in [-0.15, -0.1) is 11.8 Å². The van der Waals surface area contributed by atoms with Crippen molar-refractivity contribution >= 4 is 23.4 Å². The Morgan fingerprint density at radius 1 is 0.963 bits per heavy atom. The standard InChI is InChI=1S/C22H29N3OS/c1-19(26)23-21-8-10-22(11-9-21)27-17-5-12-24-13-15-25(16-14-24)18-20-6-3-2-4-7-20/h2-4,6-11H,5,12-18H2,1H3,(H,23,26). The fraction of sp³-hybridized carbons (Fsp3) is 0.409. The van der Waals surface area contributed by atoms with Crippen LogP contribution in [0.1, 0.15) is 18.9 Å². The number of nitrogens with zero attached hydrogens (tertiary/aromatic N) is 2. The lowest BCUT2D eigenvalue weighted by molar-refractivity contribution is -0.114. The van der Waals surface area contributed by atoms with Crippen LogP contribution in [-0.2, 0) is 11.3 Å². The number of rotatable bonds is 8. The molecule has 1 aliphatic rings. The van der Waals surface area contributed by atoms with E-state index in [1.807, 2.05) is 23.9 Å². The van der Waals surface area contributed by atoms with Gasteiger partial charge in [0.2, 0.25) is 5.91 Å². The minimum atomic E-state index is -0.0285. The molecule has 5 heteroatoms. The van der Waals surface area contributed by atoms with Gasteiger partial charge in [-0.1, -0.05) is 30.3 Å². The first-order chi connectivity index (χ1) is 13.2. The van der Waals surface area contributed by atoms with Gasteiger partial charge in [-0.05, 0) is 48.5 Å². The van der Waals surface area contributed by atoms with Crippen molar-refractivity contribution in [2.75, 3.05) is 43.8 Å². The summed E-state index contributed by atoms with van der Waals surface area (Å²) in [6, 6.07) is 18.9. The number of piperazine rings is 1. The van der Waals surface area contributed by atoms with Gasteiger partial charge in [-0.25, -0.2) is 0 Å². The Balaban J connectivity index is 1.29. The molecule has 1 heterocycles. The summed E-state index contributed by atoms with van der Waals surface area (Å²) in [5.74, 6) is 1.10. The zero-order chi connectivity index (χ0) is 18.9. The lowest BCUT2D eigenvalue weighted by atomic mass is 10.2. The maximum Gasteiger partial charge on any atom is 0.221 e. The van der Waals surface area contributed by atoms with E-state index in [2.05, 4.69) is 57.6 Å². The van der Waals surface area contributed by atoms with Crippen LogP contribution in [0.2, 0.25) is 0 Å². The second-order valence-electron chi connectivity index (χ2n) is 7.01. The van der Waals surface area contributed by atoms with Crippen molar-refractivity contribution in [2.24, 2.45) is 0 Å². The Hall–Kier alpha value is -1.82. The quantitative estimate of drug-likeness (QED) is 0.553. The van der Waals surface area contributed by atoms with Gasteiger partial charge < -0.3 is 10.2 Å². The predicted molar refractivity (Wildman–Crippen MR) is 114 cm³/mol. The van der Waals surface area contributed by atoms with Gasteiger partial charge in [-0.2, -0.15) is 0 Å². The third-order valence-corrected chi connectivity index (χ3v) is 5.87. The van der Waals surface area contributed by atoms with Gasteiger partial charge in [0.1, 0.15) is 0 Å². The fourth-order valence-electron chi connectivity index (χ4n) is 3.33. The third-order valence-electron chi connectivity index (χ3n) is 4.78. The summed E-state index contributed by atoms with van der Waals surface area (Å²) in [6.45, 7) is 8.43. The number of amides is 1. The van der Waals surface area contributed by atoms with Crippen molar-refractivity contribution in [3.8, 4) is 0 Å². The molecule has 2 aromatic carbocycles. The first kappa shape index (κ1) is 19.9. The Bertz CT molecular complexity index is 697. The molecule has 2 aromatic rings. The molecule has 1 amide bonds. The van der Waals surface area contributed by atoms with Crippen molar-refractivity contribution < 1.29 is 4.79 Å². The molecule has 0 atom stereocenters. The van der Waals surface area contributed by atoms with E-state index < -0.39 is 0 Å². The molecular formula is C22H29N3OS. The molecule has 1 fully saturated rings. The Morgan fingerprint density at radius 2 is 1.63 bits per heavy atom. The van der Waals surface area contributed by atoms with Crippen molar-refractivity contribution in [3.05, 3.63) is 60.2 Å². The van der Waals surface area contributed by atoms with E-state index in [0.29, 0.717) is 0 Å². The van der Waals surface area contributed by atoms with E-state index in [0.717, 1.165) is 31.1 Å². The van der Waals surface area contributed by atoms with Crippen LogP contribution in [0.4, 0.5) is 5.69 Å². The van der Waals surface area contributed by atoms with E-state index in [4.69, 9.17) is 0 Å². The Morgan fingerprint density at radius 3 is 2.30 bits per heavy atom. The number of carbonyl (C=O) groups is 1. The van der Waals surface area contributed by atoms with E-state index in [1.165, 1.54) is 43.4 Å². The SMILES string of the molecule is CC(=O)Nc1ccc(SCCCN2CCN(Cc3ccccc3)CC2)cc1. The molecule has 3 rings (SSSR count). The molecule has 0 aromatic heterocycles. The van der Waals surface area contributed by atoms with Crippen LogP contribution < -0.4 is 5.32 Å². The van der Waals surface area contributed by atoms with Crippen molar-refractivity contribution in [2.45, 2.75) is 24.8 Å². The van der Waals surface area contributed by atoms with E-state index in [-0.39, 0.29) is 5.91 Å². The maximum atomic E-state index is 11.0. The Kier molecular flexibility index (Phi) is 7.75. The summed E-state index contributed by atoms with van der Waals surface area (Å²) in [4.78, 5) is 17.4. The normalized spacial score (nSPS) is 15.6. The second kappa shape index (κ2) is 10.5. The highest BCUT2D eigenvalue weighted by molar-refractivity contribution is 7.99. The van der Waals surface area contributed by atoms with Crippen LogP contribution in [0.3, 0.4) is 0 Å². The Labute approximate surface area is 166 Å². The van der Waals surface area contributed by atoms with Crippen LogP contribution >= 0.6 is 11.8 Å². The molecule has 1 aliphatic heterocycles. The topological polar surface area (TPSA) is 35.6 Å². The van der Waals surface area contributed by atoms with Crippen LogP contribution in [0.15, 0.2) is 59.5 Å². The van der Waals surface area contributed by atoms with Gasteiger partial charge in [0.25, 0.3) is 0 Å². The van der Waals surface area contributed by atoms with Gasteiger partial charge in [0, 0.05) is 50.2 Å². The number of benzene rings is 2. The highest BCUT2D eigenvalue weighted by Gasteiger charge is 2.16. The molecule has 0 aliphatic carbocycles. The zero-order valence-corrected chi connectivity index (χ0v) is 16.9. The smallest absolute Gasteiger partial charge is 0.221 e. The summed E-state index contributed by atoms with van der Waals surface area (Å²) in [6.07, 6.45) is 1.21. The summed E-state index contributed by atoms with van der Waals surface area (Å²) < 4.78 is 0. The second-order valence-corrected chi connectivity index (χ2v) is 8.18. The lowest BCUT2D eigenvalue weighted by Gasteiger charge is -2.34. The average molecular weight is 384 g/mol. The first-order valence-electron chi connectivity index (χ1n) is 9.68. The summed E-state index contributed by atoms with van der Waals surface area (Å²) in [7, 11) is 0. The van der Waals surface area contributed by atoms with E-state index in [1.54, 1.807) is 0 Å². The van der Waals surface area contributed by atoms with Crippen LogP contribution in [0, 0.1) is 0 Å². The number of thioether (sulfide) groups is 1. The van der Waals surface area contributed by atoms with Gasteiger partial charge >= 0.3 is 0 Å². The van der Waals surface area contributed by atoms with Gasteiger partial charge in [0.05, 0.1) is 0 Å². The van der Waals surface area contributed by atoms with E-state index in [9.17, 15) is 4.79 Å². The molecule has 0 unspecified atom stereocenters. The molecule has 1 N–H and O–H groups in total. The maximum absolute atomic E-state index is 11.0. The van der Waals surface area contributed by atoms with Gasteiger partial charge in [0.15, 0.2) is 0 Å². The van der Waals surface area contributed by atoms with Crippen molar-refractivity contribution in [3.63, 3.8) is 0 Å². The molecule has 0 radical (unpaired) electrons. The number of anilines is 1. The predicted octanol–water partition coefficient (Wildman–Crippen LogP) is 3.95. The van der Waals surface area contributed by atoms with Crippen LogP contribution in [0.5, 0.6) is 0 Å². The summed E-state index contributed by atoms with van der Waals surface area (Å²) in [5.41, 5.74) is 2.27. The monoisotopic (exact) mass is 383 g/mol. The molecule has 0 saturated carbocycles. The first-order valence-corrected chi connectivity index (χ1v) is 10.7. The minimum Gasteiger partial charge on any atom is -0.326 e. The number of carbonyl (C=O) groups excluding carboxylic acids is 1. The van der Waals surface area contributed by atoms with Gasteiger partial charge in [-0.3, -0.25) is 9.69 Å². The minimum absolute atomic E-state index is 0.0285. The highest BCUT2D eigenvalue weighted by atomic mass is 32.2. The average Bonchev–Trinajstić information content (AvgIpc) is 2.68. The molecule has 144 valence electrons. The molecule has 27 heavy (non-hydrogen) atoms. The van der Waals surface area contributed by atoms with Crippen LogP contribution in [0.25, 0.3) is 0 Å². The fourth-order valence-corrected chi connectivity index (χ4v) is 4.17. The van der Waals surface area contributed by atoms with Crippen molar-refractivity contribution in [1.29, 1.82) is 0 Å². The molecule has 4 nitrogen and oxygen atoms in total. The van der Waals surface area contributed by atoms with Crippen molar-refractivity contribution in [1.82, 2.24) is 9.80 Å². The molecule has 1 saturated heterocycles. The van der Waals surface area contributed by atoms with Crippen LogP contribution in [-0.4, -0.2) is 54.2 Å². The zero-order valence-electron chi connectivity index (χ0n) is 16.1. The largest absolute Gasteiger partial charge is 0.326 e. The van der Waals surface area contributed by atoms with E-state index >= 15 is 0 Å².